The quantitative estimate of drug-likeness (QED) is 0.526. The predicted octanol–water partition coefficient (Wildman–Crippen LogP) is 5.07. The highest BCUT2D eigenvalue weighted by Crippen LogP contribution is 2.24. The first-order valence-electron chi connectivity index (χ1n) is 6.13. The Bertz CT molecular complexity index is 359. The summed E-state index contributed by atoms with van der Waals surface area (Å²) in [6.07, 6.45) is 10.3. The second-order valence-corrected chi connectivity index (χ2v) is 6.50. The molecule has 0 unspecified atom stereocenters. The van der Waals surface area contributed by atoms with E-state index in [1.165, 1.54) is 16.1 Å². The van der Waals surface area contributed by atoms with Crippen molar-refractivity contribution in [3.05, 3.63) is 34.4 Å². The van der Waals surface area contributed by atoms with Crippen LogP contribution in [0.15, 0.2) is 34.4 Å². The highest BCUT2D eigenvalue weighted by Gasteiger charge is 2.12. The molecule has 102 valence electrons. The van der Waals surface area contributed by atoms with Gasteiger partial charge in [0.15, 0.2) is 0 Å². The van der Waals surface area contributed by atoms with Crippen LogP contribution in [0, 0.1) is 5.41 Å². The van der Waals surface area contributed by atoms with Gasteiger partial charge in [0.05, 0.1) is 0 Å². The van der Waals surface area contributed by atoms with Crippen LogP contribution < -0.4 is 0 Å². The smallest absolute Gasteiger partial charge is 0.327 e. The Kier molecular flexibility index (Phi) is 7.92. The van der Waals surface area contributed by atoms with Gasteiger partial charge < -0.3 is 5.11 Å². The summed E-state index contributed by atoms with van der Waals surface area (Å²) in [6.45, 7) is 8.23. The summed E-state index contributed by atoms with van der Waals surface area (Å²) >= 11 is 3.41. The molecule has 0 aliphatic heterocycles. The minimum absolute atomic E-state index is 0.110. The van der Waals surface area contributed by atoms with Crippen molar-refractivity contribution < 1.29 is 9.90 Å². The van der Waals surface area contributed by atoms with E-state index in [2.05, 4.69) is 35.0 Å². The lowest BCUT2D eigenvalue weighted by Gasteiger charge is -2.17. The Morgan fingerprint density at radius 3 is 2.39 bits per heavy atom. The molecule has 0 aromatic rings. The molecule has 1 N–H and O–H groups in total. The molecule has 18 heavy (non-hydrogen) atoms. The molecule has 0 aliphatic rings. The topological polar surface area (TPSA) is 37.3 Å². The van der Waals surface area contributed by atoms with Crippen LogP contribution in [-0.4, -0.2) is 11.1 Å². The summed E-state index contributed by atoms with van der Waals surface area (Å²) in [7, 11) is 0. The lowest BCUT2D eigenvalue weighted by atomic mass is 9.87. The van der Waals surface area contributed by atoms with Gasteiger partial charge in [-0.25, -0.2) is 4.79 Å². The number of rotatable bonds is 7. The molecule has 2 nitrogen and oxygen atoms in total. The summed E-state index contributed by atoms with van der Waals surface area (Å²) in [5, 5.41) is 8.61. The molecule has 0 aliphatic carbocycles. The molecule has 3 heteroatoms. The van der Waals surface area contributed by atoms with Crippen molar-refractivity contribution in [2.75, 3.05) is 0 Å². The van der Waals surface area contributed by atoms with Gasteiger partial charge in [-0.15, -0.1) is 0 Å². The van der Waals surface area contributed by atoms with E-state index >= 15 is 0 Å². The minimum Gasteiger partial charge on any atom is -0.478 e. The van der Waals surface area contributed by atoms with Crippen molar-refractivity contribution in [3.8, 4) is 0 Å². The molecule has 0 aromatic carbocycles. The van der Waals surface area contributed by atoms with Crippen LogP contribution in [0.25, 0.3) is 0 Å². The van der Waals surface area contributed by atoms with Gasteiger partial charge in [0.2, 0.25) is 0 Å². The summed E-state index contributed by atoms with van der Waals surface area (Å²) in [5.41, 5.74) is 1.23. The lowest BCUT2D eigenvalue weighted by Crippen LogP contribution is -2.07. The van der Waals surface area contributed by atoms with E-state index in [9.17, 15) is 4.79 Å². The van der Waals surface area contributed by atoms with Gasteiger partial charge in [-0.05, 0) is 43.0 Å². The van der Waals surface area contributed by atoms with Crippen LogP contribution in [0.2, 0.25) is 0 Å². The molecule has 0 heterocycles. The zero-order valence-corrected chi connectivity index (χ0v) is 13.3. The normalized spacial score (nSPS) is 14.3. The number of carbonyl (C=O) groups is 1. The molecule has 0 spiro atoms. The molecule has 0 radical (unpaired) electrons. The van der Waals surface area contributed by atoms with Crippen LogP contribution in [0.3, 0.4) is 0 Å². The molecule has 0 rings (SSSR count). The predicted molar refractivity (Wildman–Crippen MR) is 80.8 cm³/mol. The minimum atomic E-state index is -0.887. The maximum atomic E-state index is 10.5. The van der Waals surface area contributed by atoms with Crippen LogP contribution in [0.5, 0.6) is 0 Å². The number of aliphatic carboxylic acids is 1. The number of carboxylic acid groups (broad SMARTS) is 1. The number of hydrogen-bond donors (Lipinski definition) is 1. The van der Waals surface area contributed by atoms with E-state index in [1.807, 2.05) is 20.8 Å². The first kappa shape index (κ1) is 17.2. The summed E-state index contributed by atoms with van der Waals surface area (Å²) in [6, 6.07) is 0. The van der Waals surface area contributed by atoms with Crippen molar-refractivity contribution in [1.82, 2.24) is 0 Å². The van der Waals surface area contributed by atoms with Gasteiger partial charge in [-0.3, -0.25) is 0 Å². The van der Waals surface area contributed by atoms with Crippen LogP contribution >= 0.6 is 15.9 Å². The highest BCUT2D eigenvalue weighted by atomic mass is 79.9. The van der Waals surface area contributed by atoms with Crippen LogP contribution in [-0.2, 0) is 4.79 Å². The van der Waals surface area contributed by atoms with E-state index in [4.69, 9.17) is 5.11 Å². The number of carboxylic acids is 1. The van der Waals surface area contributed by atoms with Crippen LogP contribution in [0.1, 0.15) is 47.0 Å². The average Bonchev–Trinajstić information content (AvgIpc) is 2.24. The van der Waals surface area contributed by atoms with Crippen molar-refractivity contribution in [1.29, 1.82) is 0 Å². The van der Waals surface area contributed by atoms with Gasteiger partial charge in [0, 0.05) is 6.08 Å². The fraction of sp³-hybridized carbons (Fsp3) is 0.533. The largest absolute Gasteiger partial charge is 0.478 e. The fourth-order valence-corrected chi connectivity index (χ4v) is 1.63. The summed E-state index contributed by atoms with van der Waals surface area (Å²) < 4.78 is 1.17. The van der Waals surface area contributed by atoms with Gasteiger partial charge in [-0.1, -0.05) is 53.6 Å². The highest BCUT2D eigenvalue weighted by molar-refractivity contribution is 9.11. The van der Waals surface area contributed by atoms with Gasteiger partial charge in [-0.2, -0.15) is 0 Å². The first-order chi connectivity index (χ1) is 8.23. The second-order valence-electron chi connectivity index (χ2n) is 5.24. The maximum Gasteiger partial charge on any atom is 0.327 e. The third-order valence-corrected chi connectivity index (χ3v) is 2.94. The van der Waals surface area contributed by atoms with Crippen molar-refractivity contribution in [3.63, 3.8) is 0 Å². The molecular weight excluding hydrogens is 292 g/mol. The summed E-state index contributed by atoms with van der Waals surface area (Å²) in [5.74, 6) is -0.887. The molecule has 0 saturated carbocycles. The van der Waals surface area contributed by atoms with Crippen LogP contribution in [0.4, 0.5) is 0 Å². The summed E-state index contributed by atoms with van der Waals surface area (Å²) in [4.78, 5) is 10.5. The molecule has 0 saturated heterocycles. The zero-order chi connectivity index (χ0) is 14.2. The molecule has 0 atom stereocenters. The third-order valence-electron chi connectivity index (χ3n) is 2.62. The zero-order valence-electron chi connectivity index (χ0n) is 11.7. The number of halogens is 1. The number of hydrogen-bond acceptors (Lipinski definition) is 1. The van der Waals surface area contributed by atoms with Crippen molar-refractivity contribution >= 4 is 21.9 Å². The van der Waals surface area contributed by atoms with E-state index < -0.39 is 5.97 Å². The van der Waals surface area contributed by atoms with Gasteiger partial charge in [0.1, 0.15) is 0 Å². The lowest BCUT2D eigenvalue weighted by molar-refractivity contribution is -0.131. The Morgan fingerprint density at radius 2 is 1.89 bits per heavy atom. The molecule has 0 bridgehead atoms. The monoisotopic (exact) mass is 314 g/mol. The second kappa shape index (κ2) is 8.30. The first-order valence-corrected chi connectivity index (χ1v) is 6.92. The Morgan fingerprint density at radius 1 is 1.28 bits per heavy atom. The molecular formula is C15H23BrO2. The Balaban J connectivity index is 4.26. The van der Waals surface area contributed by atoms with E-state index in [-0.39, 0.29) is 5.41 Å². The molecule has 0 amide bonds. The molecule has 0 fully saturated rings. The van der Waals surface area contributed by atoms with Crippen molar-refractivity contribution in [2.45, 2.75) is 47.0 Å². The van der Waals surface area contributed by atoms with E-state index in [0.29, 0.717) is 0 Å². The standard InChI is InChI=1S/C15H23BrO2/c1-12(6-5-7-13(2)16)8-10-15(3,4)11-9-14(17)18/h7-9,11H,5-6,10H2,1-4H3,(H,17,18)/b11-9+,12-8+,13-7-. The van der Waals surface area contributed by atoms with Crippen molar-refractivity contribution in [2.24, 2.45) is 5.41 Å². The SMILES string of the molecule is C/C(Br)=C/CC/C(C)=C/CC(C)(C)/C=C/C(=O)O. The maximum absolute atomic E-state index is 10.5. The molecule has 0 aromatic heterocycles. The van der Waals surface area contributed by atoms with Gasteiger partial charge in [0.25, 0.3) is 0 Å². The van der Waals surface area contributed by atoms with Gasteiger partial charge >= 0.3 is 5.97 Å². The third kappa shape index (κ3) is 10.3. The fourth-order valence-electron chi connectivity index (χ4n) is 1.40. The Hall–Kier alpha value is -0.830. The average molecular weight is 315 g/mol. The Labute approximate surface area is 119 Å². The number of allylic oxidation sites excluding steroid dienone is 5. The van der Waals surface area contributed by atoms with E-state index in [0.717, 1.165) is 19.3 Å². The van der Waals surface area contributed by atoms with E-state index in [1.54, 1.807) is 6.08 Å².